The molecule has 4 rings (SSSR count). The Hall–Kier alpha value is -2.67. The highest BCUT2D eigenvalue weighted by molar-refractivity contribution is 7.90. The number of amides is 1. The monoisotopic (exact) mass is 383 g/mol. The Bertz CT molecular complexity index is 1000. The average molecular weight is 383 g/mol. The minimum Gasteiger partial charge on any atom is -0.348 e. The van der Waals surface area contributed by atoms with Crippen molar-refractivity contribution < 1.29 is 13.2 Å². The highest BCUT2D eigenvalue weighted by Crippen LogP contribution is 2.34. The maximum Gasteiger partial charge on any atom is 0.286 e. The standard InChI is InChI=1S/C20H21N3O3S/c24-20(21-14-15-7-3-1-4-8-15)16-10-11-17-18(13-16)27(25,26)22-19-9-5-2-6-12-23(17)19/h1,3-4,7-8,10-11,13H,2,5-6,9,12,14H2,(H,21,24). The van der Waals surface area contributed by atoms with Gasteiger partial charge in [0.15, 0.2) is 0 Å². The summed E-state index contributed by atoms with van der Waals surface area (Å²) in [6.07, 6.45) is 3.67. The van der Waals surface area contributed by atoms with Crippen molar-refractivity contribution in [2.45, 2.75) is 37.1 Å². The lowest BCUT2D eigenvalue weighted by Gasteiger charge is -2.29. The molecule has 0 saturated carbocycles. The lowest BCUT2D eigenvalue weighted by molar-refractivity contribution is 0.0950. The topological polar surface area (TPSA) is 78.8 Å². The van der Waals surface area contributed by atoms with E-state index >= 15 is 0 Å². The maximum atomic E-state index is 12.6. The first kappa shape index (κ1) is 17.7. The number of sulfonamides is 1. The van der Waals surface area contributed by atoms with Gasteiger partial charge in [-0.1, -0.05) is 36.8 Å². The van der Waals surface area contributed by atoms with E-state index in [4.69, 9.17) is 0 Å². The van der Waals surface area contributed by atoms with Crippen LogP contribution in [0, 0.1) is 0 Å². The van der Waals surface area contributed by atoms with Crippen LogP contribution in [0.25, 0.3) is 0 Å². The van der Waals surface area contributed by atoms with Crippen LogP contribution in [0.5, 0.6) is 0 Å². The molecule has 0 aromatic heterocycles. The van der Waals surface area contributed by atoms with Crippen LogP contribution in [0.4, 0.5) is 5.69 Å². The molecular weight excluding hydrogens is 362 g/mol. The molecule has 1 saturated heterocycles. The maximum absolute atomic E-state index is 12.6. The van der Waals surface area contributed by atoms with Gasteiger partial charge in [0, 0.05) is 25.1 Å². The zero-order valence-electron chi connectivity index (χ0n) is 14.9. The number of hydrogen-bond acceptors (Lipinski definition) is 4. The van der Waals surface area contributed by atoms with E-state index < -0.39 is 10.0 Å². The highest BCUT2D eigenvalue weighted by Gasteiger charge is 2.32. The average Bonchev–Trinajstić information content (AvgIpc) is 2.91. The van der Waals surface area contributed by atoms with Crippen LogP contribution < -0.4 is 10.2 Å². The first-order valence-corrected chi connectivity index (χ1v) is 10.6. The molecule has 2 aromatic carbocycles. The number of fused-ring (bicyclic) bond motifs is 3. The van der Waals surface area contributed by atoms with Crippen LogP contribution in [0.3, 0.4) is 0 Å². The lowest BCUT2D eigenvalue weighted by atomic mass is 10.1. The van der Waals surface area contributed by atoms with E-state index in [1.54, 1.807) is 12.1 Å². The van der Waals surface area contributed by atoms with Gasteiger partial charge < -0.3 is 10.2 Å². The van der Waals surface area contributed by atoms with Crippen LogP contribution in [0.15, 0.2) is 57.8 Å². The summed E-state index contributed by atoms with van der Waals surface area (Å²) < 4.78 is 29.3. The molecule has 0 unspecified atom stereocenters. The van der Waals surface area contributed by atoms with Crippen molar-refractivity contribution in [3.63, 3.8) is 0 Å². The molecule has 2 heterocycles. The van der Waals surface area contributed by atoms with Crippen molar-refractivity contribution in [2.75, 3.05) is 11.4 Å². The summed E-state index contributed by atoms with van der Waals surface area (Å²) >= 11 is 0. The van der Waals surface area contributed by atoms with Crippen LogP contribution in [0.1, 0.15) is 41.6 Å². The third-order valence-corrected chi connectivity index (χ3v) is 6.24. The second-order valence-electron chi connectivity index (χ2n) is 6.80. The van der Waals surface area contributed by atoms with Crippen molar-refractivity contribution >= 4 is 27.5 Å². The van der Waals surface area contributed by atoms with Crippen molar-refractivity contribution in [1.82, 2.24) is 5.32 Å². The number of nitrogens with one attached hydrogen (secondary N) is 1. The molecule has 0 aliphatic carbocycles. The highest BCUT2D eigenvalue weighted by atomic mass is 32.2. The molecule has 1 fully saturated rings. The molecule has 7 heteroatoms. The normalized spacial score (nSPS) is 17.9. The number of hydrogen-bond donors (Lipinski definition) is 1. The van der Waals surface area contributed by atoms with Gasteiger partial charge in [-0.15, -0.1) is 4.40 Å². The number of carbonyl (C=O) groups is 1. The molecular formula is C20H21N3O3S. The van der Waals surface area contributed by atoms with Gasteiger partial charge in [-0.05, 0) is 36.6 Å². The second kappa shape index (κ2) is 7.15. The van der Waals surface area contributed by atoms with Crippen molar-refractivity contribution in [3.05, 3.63) is 59.7 Å². The lowest BCUT2D eigenvalue weighted by Crippen LogP contribution is -2.35. The molecule has 1 amide bonds. The Kier molecular flexibility index (Phi) is 4.70. The molecule has 2 aliphatic rings. The summed E-state index contributed by atoms with van der Waals surface area (Å²) in [5, 5.41) is 2.83. The van der Waals surface area contributed by atoms with Gasteiger partial charge >= 0.3 is 0 Å². The molecule has 140 valence electrons. The van der Waals surface area contributed by atoms with Crippen molar-refractivity contribution in [3.8, 4) is 0 Å². The minimum absolute atomic E-state index is 0.112. The van der Waals surface area contributed by atoms with Gasteiger partial charge in [-0.25, -0.2) is 0 Å². The Morgan fingerprint density at radius 3 is 2.70 bits per heavy atom. The first-order chi connectivity index (χ1) is 13.0. The van der Waals surface area contributed by atoms with E-state index in [0.717, 1.165) is 31.4 Å². The number of anilines is 1. The zero-order valence-corrected chi connectivity index (χ0v) is 15.7. The Morgan fingerprint density at radius 1 is 1.07 bits per heavy atom. The molecule has 0 radical (unpaired) electrons. The summed E-state index contributed by atoms with van der Waals surface area (Å²) in [5.41, 5.74) is 1.93. The number of amidine groups is 1. The fraction of sp³-hybridized carbons (Fsp3) is 0.300. The van der Waals surface area contributed by atoms with E-state index in [-0.39, 0.29) is 10.8 Å². The molecule has 0 atom stereocenters. The molecule has 0 spiro atoms. The molecule has 2 aromatic rings. The molecule has 1 N–H and O–H groups in total. The van der Waals surface area contributed by atoms with Crippen LogP contribution in [-0.4, -0.2) is 26.7 Å². The van der Waals surface area contributed by atoms with E-state index in [2.05, 4.69) is 9.71 Å². The Balaban J connectivity index is 1.61. The van der Waals surface area contributed by atoms with Gasteiger partial charge in [0.1, 0.15) is 10.7 Å². The van der Waals surface area contributed by atoms with E-state index in [9.17, 15) is 13.2 Å². The smallest absolute Gasteiger partial charge is 0.286 e. The third kappa shape index (κ3) is 3.60. The summed E-state index contributed by atoms with van der Waals surface area (Å²) in [6.45, 7) is 1.14. The fourth-order valence-electron chi connectivity index (χ4n) is 3.50. The van der Waals surface area contributed by atoms with Gasteiger partial charge in [-0.2, -0.15) is 8.42 Å². The number of carbonyl (C=O) groups excluding carboxylic acids is 1. The molecule has 27 heavy (non-hydrogen) atoms. The van der Waals surface area contributed by atoms with E-state index in [0.29, 0.717) is 30.1 Å². The van der Waals surface area contributed by atoms with E-state index in [1.807, 2.05) is 35.2 Å². The van der Waals surface area contributed by atoms with Crippen LogP contribution in [-0.2, 0) is 16.6 Å². The quantitative estimate of drug-likeness (QED) is 0.883. The molecule has 6 nitrogen and oxygen atoms in total. The largest absolute Gasteiger partial charge is 0.348 e. The van der Waals surface area contributed by atoms with E-state index in [1.165, 1.54) is 6.07 Å². The van der Waals surface area contributed by atoms with Gasteiger partial charge in [0.25, 0.3) is 15.9 Å². The second-order valence-corrected chi connectivity index (χ2v) is 8.37. The minimum atomic E-state index is -3.79. The first-order valence-electron chi connectivity index (χ1n) is 9.12. The zero-order chi connectivity index (χ0) is 18.9. The summed E-state index contributed by atoms with van der Waals surface area (Å²) in [6, 6.07) is 14.4. The summed E-state index contributed by atoms with van der Waals surface area (Å²) in [5.74, 6) is 0.309. The van der Waals surface area contributed by atoms with Gasteiger partial charge in [0.2, 0.25) is 0 Å². The van der Waals surface area contributed by atoms with Gasteiger partial charge in [-0.3, -0.25) is 4.79 Å². The number of rotatable bonds is 3. The van der Waals surface area contributed by atoms with Crippen molar-refractivity contribution in [2.24, 2.45) is 4.40 Å². The Labute approximate surface area is 159 Å². The molecule has 2 aliphatic heterocycles. The van der Waals surface area contributed by atoms with Crippen LogP contribution in [0.2, 0.25) is 0 Å². The SMILES string of the molecule is O=C(NCc1ccccc1)c1ccc2c(c1)S(=O)(=O)N=C1CCCCCN12. The predicted molar refractivity (Wildman–Crippen MR) is 104 cm³/mol. The summed E-state index contributed by atoms with van der Waals surface area (Å²) in [7, 11) is -3.79. The Morgan fingerprint density at radius 2 is 1.89 bits per heavy atom. The summed E-state index contributed by atoms with van der Waals surface area (Å²) in [4.78, 5) is 14.6. The number of benzene rings is 2. The van der Waals surface area contributed by atoms with Gasteiger partial charge in [0.05, 0.1) is 5.69 Å². The molecule has 0 bridgehead atoms. The third-order valence-electron chi connectivity index (χ3n) is 4.91. The van der Waals surface area contributed by atoms with Crippen molar-refractivity contribution in [1.29, 1.82) is 0 Å². The number of nitrogens with zero attached hydrogens (tertiary/aromatic N) is 2. The fourth-order valence-corrected chi connectivity index (χ4v) is 4.79. The predicted octanol–water partition coefficient (Wildman–Crippen LogP) is 3.10. The van der Waals surface area contributed by atoms with Crippen LogP contribution >= 0.6 is 0 Å².